The largest absolute Gasteiger partial charge is 0.459 e. The number of amides is 2. The monoisotopic (exact) mass is 363 g/mol. The summed E-state index contributed by atoms with van der Waals surface area (Å²) >= 11 is 0. The topological polar surface area (TPSA) is 88.6 Å². The average molecular weight is 364 g/mol. The van der Waals surface area contributed by atoms with Crippen molar-refractivity contribution >= 4 is 24.2 Å². The molecule has 1 aromatic carbocycles. The first-order valence-electron chi connectivity index (χ1n) is 8.06. The summed E-state index contributed by atoms with van der Waals surface area (Å²) < 4.78 is 5.11. The van der Waals surface area contributed by atoms with Crippen molar-refractivity contribution in [2.24, 2.45) is 5.73 Å². The second-order valence-corrected chi connectivity index (χ2v) is 6.03. The maximum absolute atomic E-state index is 12.8. The number of furan rings is 1. The van der Waals surface area contributed by atoms with E-state index >= 15 is 0 Å². The molecule has 0 saturated carbocycles. The number of benzene rings is 1. The number of likely N-dealkylation sites (tertiary alicyclic amines) is 1. The fourth-order valence-electron chi connectivity index (χ4n) is 2.89. The zero-order valence-corrected chi connectivity index (χ0v) is 14.6. The molecule has 2 aromatic rings. The Bertz CT molecular complexity index is 691. The Balaban J connectivity index is 0.00000225. The quantitative estimate of drug-likeness (QED) is 0.844. The minimum atomic E-state index is -0.643. The molecule has 2 amide bonds. The van der Waals surface area contributed by atoms with Crippen molar-refractivity contribution in [1.82, 2.24) is 10.2 Å². The maximum atomic E-state index is 12.8. The van der Waals surface area contributed by atoms with Crippen LogP contribution in [0.15, 0.2) is 53.1 Å². The number of halogens is 1. The zero-order valence-electron chi connectivity index (χ0n) is 13.8. The number of nitrogens with two attached hydrogens (primary N) is 1. The van der Waals surface area contributed by atoms with Crippen LogP contribution in [0.2, 0.25) is 0 Å². The van der Waals surface area contributed by atoms with Crippen molar-refractivity contribution < 1.29 is 14.0 Å². The average Bonchev–Trinajstić information content (AvgIpc) is 3.26. The number of rotatable bonds is 5. The molecule has 0 spiro atoms. The van der Waals surface area contributed by atoms with E-state index in [2.05, 4.69) is 5.32 Å². The molecule has 7 heteroatoms. The molecule has 1 saturated heterocycles. The van der Waals surface area contributed by atoms with Crippen molar-refractivity contribution in [2.45, 2.75) is 24.9 Å². The lowest BCUT2D eigenvalue weighted by molar-refractivity contribution is -0.132. The molecule has 6 nitrogen and oxygen atoms in total. The number of nitrogens with one attached hydrogen (secondary N) is 1. The summed E-state index contributed by atoms with van der Waals surface area (Å²) in [5, 5.41) is 2.79. The molecule has 3 N–H and O–H groups in total. The van der Waals surface area contributed by atoms with E-state index in [1.165, 1.54) is 6.26 Å². The lowest BCUT2D eigenvalue weighted by Gasteiger charge is -2.24. The molecule has 1 aliphatic heterocycles. The highest BCUT2D eigenvalue weighted by Gasteiger charge is 2.31. The van der Waals surface area contributed by atoms with E-state index in [-0.39, 0.29) is 30.1 Å². The second-order valence-electron chi connectivity index (χ2n) is 6.03. The van der Waals surface area contributed by atoms with Crippen LogP contribution in [0.5, 0.6) is 0 Å². The molecule has 0 aliphatic carbocycles. The molecule has 0 radical (unpaired) electrons. The van der Waals surface area contributed by atoms with Crippen LogP contribution in [-0.2, 0) is 11.2 Å². The third-order valence-electron chi connectivity index (χ3n) is 4.17. The van der Waals surface area contributed by atoms with E-state index in [0.29, 0.717) is 19.5 Å². The van der Waals surface area contributed by atoms with Gasteiger partial charge in [-0.3, -0.25) is 9.59 Å². The summed E-state index contributed by atoms with van der Waals surface area (Å²) in [6.45, 7) is 1.16. The van der Waals surface area contributed by atoms with E-state index in [9.17, 15) is 9.59 Å². The van der Waals surface area contributed by atoms with Crippen LogP contribution in [0, 0.1) is 0 Å². The van der Waals surface area contributed by atoms with Crippen molar-refractivity contribution in [2.75, 3.05) is 13.1 Å². The van der Waals surface area contributed by atoms with Crippen molar-refractivity contribution in [3.05, 3.63) is 60.1 Å². The first-order valence-corrected chi connectivity index (χ1v) is 8.06. The smallest absolute Gasteiger partial charge is 0.287 e. The number of hydrogen-bond acceptors (Lipinski definition) is 4. The summed E-state index contributed by atoms with van der Waals surface area (Å²) in [6, 6.07) is 12.2. The third-order valence-corrected chi connectivity index (χ3v) is 4.17. The fourth-order valence-corrected chi connectivity index (χ4v) is 2.89. The summed E-state index contributed by atoms with van der Waals surface area (Å²) in [7, 11) is 0. The van der Waals surface area contributed by atoms with Gasteiger partial charge < -0.3 is 20.4 Å². The zero-order chi connectivity index (χ0) is 16.9. The minimum Gasteiger partial charge on any atom is -0.459 e. The Morgan fingerprint density at radius 3 is 2.60 bits per heavy atom. The lowest BCUT2D eigenvalue weighted by atomic mass is 10.0. The van der Waals surface area contributed by atoms with E-state index in [0.717, 1.165) is 12.0 Å². The molecule has 2 atom stereocenters. The Hall–Kier alpha value is -2.31. The van der Waals surface area contributed by atoms with Gasteiger partial charge >= 0.3 is 0 Å². The number of carbonyl (C=O) groups is 2. The highest BCUT2D eigenvalue weighted by molar-refractivity contribution is 5.95. The van der Waals surface area contributed by atoms with Gasteiger partial charge in [0.25, 0.3) is 5.91 Å². The Morgan fingerprint density at radius 1 is 1.24 bits per heavy atom. The van der Waals surface area contributed by atoms with Gasteiger partial charge in [0.1, 0.15) is 6.04 Å². The molecule has 1 aliphatic rings. The van der Waals surface area contributed by atoms with Crippen LogP contribution in [-0.4, -0.2) is 41.9 Å². The Morgan fingerprint density at radius 2 is 2.00 bits per heavy atom. The van der Waals surface area contributed by atoms with Crippen LogP contribution in [0.3, 0.4) is 0 Å². The standard InChI is InChI=1S/C18H21N3O3.ClH/c19-14-8-9-21(12-14)18(23)15(11-13-5-2-1-3-6-13)20-17(22)16-7-4-10-24-16;/h1-7,10,14-15H,8-9,11-12,19H2,(H,20,22);1H/t14-,15?;/m1./s1. The maximum Gasteiger partial charge on any atom is 0.287 e. The van der Waals surface area contributed by atoms with E-state index < -0.39 is 11.9 Å². The predicted octanol–water partition coefficient (Wildman–Crippen LogP) is 1.60. The summed E-state index contributed by atoms with van der Waals surface area (Å²) in [6.07, 6.45) is 2.65. The fraction of sp³-hybridized carbons (Fsp3) is 0.333. The predicted molar refractivity (Wildman–Crippen MR) is 96.5 cm³/mol. The van der Waals surface area contributed by atoms with Gasteiger partial charge in [-0.1, -0.05) is 30.3 Å². The van der Waals surface area contributed by atoms with E-state index in [4.69, 9.17) is 10.2 Å². The highest BCUT2D eigenvalue weighted by Crippen LogP contribution is 2.13. The highest BCUT2D eigenvalue weighted by atomic mass is 35.5. The lowest BCUT2D eigenvalue weighted by Crippen LogP contribution is -2.49. The molecule has 0 bridgehead atoms. The van der Waals surface area contributed by atoms with Crippen LogP contribution in [0.4, 0.5) is 0 Å². The van der Waals surface area contributed by atoms with Crippen molar-refractivity contribution in [3.8, 4) is 0 Å². The molecule has 1 aromatic heterocycles. The van der Waals surface area contributed by atoms with Gasteiger partial charge in [0.2, 0.25) is 5.91 Å². The Kier molecular flexibility index (Phi) is 6.61. The van der Waals surface area contributed by atoms with Crippen LogP contribution in [0.1, 0.15) is 22.5 Å². The molecule has 3 rings (SSSR count). The number of hydrogen-bond donors (Lipinski definition) is 2. The van der Waals surface area contributed by atoms with Crippen molar-refractivity contribution in [1.29, 1.82) is 0 Å². The Labute approximate surface area is 152 Å². The molecule has 1 unspecified atom stereocenters. The molecular weight excluding hydrogens is 342 g/mol. The van der Waals surface area contributed by atoms with Gasteiger partial charge in [-0.25, -0.2) is 0 Å². The molecule has 134 valence electrons. The van der Waals surface area contributed by atoms with Gasteiger partial charge in [0.15, 0.2) is 5.76 Å². The normalized spacial score (nSPS) is 17.6. The van der Waals surface area contributed by atoms with Crippen LogP contribution >= 0.6 is 12.4 Å². The summed E-state index contributed by atoms with van der Waals surface area (Å²) in [5.41, 5.74) is 6.88. The number of nitrogens with zero attached hydrogens (tertiary/aromatic N) is 1. The van der Waals surface area contributed by atoms with E-state index in [1.54, 1.807) is 17.0 Å². The second kappa shape index (κ2) is 8.69. The van der Waals surface area contributed by atoms with Crippen LogP contribution in [0.25, 0.3) is 0 Å². The minimum absolute atomic E-state index is 0. The SMILES string of the molecule is Cl.N[C@@H]1CCN(C(=O)C(Cc2ccccc2)NC(=O)c2ccco2)C1. The molecular formula is C18H22ClN3O3. The first-order chi connectivity index (χ1) is 11.6. The van der Waals surface area contributed by atoms with Gasteiger partial charge in [0.05, 0.1) is 6.26 Å². The first kappa shape index (κ1) is 19.0. The van der Waals surface area contributed by atoms with Crippen LogP contribution < -0.4 is 11.1 Å². The van der Waals surface area contributed by atoms with Crippen molar-refractivity contribution in [3.63, 3.8) is 0 Å². The third kappa shape index (κ3) is 4.84. The summed E-state index contributed by atoms with van der Waals surface area (Å²) in [5.74, 6) is -0.302. The van der Waals surface area contributed by atoms with Gasteiger partial charge in [-0.2, -0.15) is 0 Å². The van der Waals surface area contributed by atoms with Gasteiger partial charge in [0, 0.05) is 25.6 Å². The molecule has 1 fully saturated rings. The number of carbonyl (C=O) groups excluding carboxylic acids is 2. The molecule has 2 heterocycles. The van der Waals surface area contributed by atoms with Gasteiger partial charge in [-0.15, -0.1) is 12.4 Å². The molecule has 25 heavy (non-hydrogen) atoms. The van der Waals surface area contributed by atoms with E-state index in [1.807, 2.05) is 30.3 Å². The van der Waals surface area contributed by atoms with Gasteiger partial charge in [-0.05, 0) is 24.1 Å². The summed E-state index contributed by atoms with van der Waals surface area (Å²) in [4.78, 5) is 26.8.